The van der Waals surface area contributed by atoms with Crippen LogP contribution in [0.1, 0.15) is 60.1 Å². The molecule has 0 spiro atoms. The number of aryl methyl sites for hydroxylation is 2. The largest absolute Gasteiger partial charge is 0.491 e. The van der Waals surface area contributed by atoms with E-state index >= 15 is 0 Å². The van der Waals surface area contributed by atoms with Crippen molar-refractivity contribution in [3.8, 4) is 17.6 Å². The maximum atomic E-state index is 15.0. The van der Waals surface area contributed by atoms with E-state index in [-0.39, 0.29) is 24.6 Å². The number of carbonyl (C=O) groups excluding carboxylic acids is 1. The number of hydrogen-bond donors (Lipinski definition) is 1. The summed E-state index contributed by atoms with van der Waals surface area (Å²) in [6.45, 7) is 16.9. The second kappa shape index (κ2) is 21.9. The number of benzene rings is 2. The molecule has 3 aromatic heterocycles. The van der Waals surface area contributed by atoms with Crippen molar-refractivity contribution in [3.05, 3.63) is 80.8 Å². The van der Waals surface area contributed by atoms with Gasteiger partial charge in [0.25, 0.3) is 0 Å². The van der Waals surface area contributed by atoms with Crippen molar-refractivity contribution < 1.29 is 33.3 Å². The topological polar surface area (TPSA) is 148 Å². The molecule has 5 rings (SSSR count). The molecule has 0 aliphatic rings. The van der Waals surface area contributed by atoms with Gasteiger partial charge in [-0.25, -0.2) is 19.0 Å². The number of fused-ring (bicyclic) bond motifs is 1. The lowest BCUT2D eigenvalue weighted by Gasteiger charge is -2.23. The van der Waals surface area contributed by atoms with E-state index in [4.69, 9.17) is 19.2 Å². The monoisotopic (exact) mass is 918 g/mol. The predicted molar refractivity (Wildman–Crippen MR) is 251 cm³/mol. The lowest BCUT2D eigenvalue weighted by Crippen LogP contribution is -2.34. The number of aromatic carboxylic acids is 1. The number of thiazole rings is 2. The number of nitrogens with zero attached hydrogens (tertiary/aromatic N) is 8. The van der Waals surface area contributed by atoms with Gasteiger partial charge in [-0.05, 0) is 116 Å². The van der Waals surface area contributed by atoms with Crippen LogP contribution in [0.5, 0.6) is 5.75 Å². The predicted octanol–water partition coefficient (Wildman–Crippen LogP) is 8.96. The van der Waals surface area contributed by atoms with Crippen LogP contribution in [0, 0.1) is 24.6 Å². The Morgan fingerprint density at radius 2 is 1.76 bits per heavy atom. The molecule has 0 fully saturated rings. The van der Waals surface area contributed by atoms with Gasteiger partial charge < -0.3 is 34.0 Å². The highest BCUT2D eigenvalue weighted by molar-refractivity contribution is 7.16. The van der Waals surface area contributed by atoms with E-state index in [0.717, 1.165) is 39.6 Å². The maximum absolute atomic E-state index is 15.0. The normalized spacial score (nSPS) is 12.1. The minimum Gasteiger partial charge on any atom is -0.491 e. The first-order chi connectivity index (χ1) is 29.8. The van der Waals surface area contributed by atoms with Crippen LogP contribution in [0.3, 0.4) is 0 Å². The number of aromatic nitrogens is 4. The zero-order valence-electron chi connectivity index (χ0n) is 38.0. The van der Waals surface area contributed by atoms with E-state index in [0.29, 0.717) is 59.9 Å². The summed E-state index contributed by atoms with van der Waals surface area (Å²) in [6.07, 6.45) is 1.02. The van der Waals surface area contributed by atoms with Gasteiger partial charge in [-0.2, -0.15) is 4.99 Å². The number of ether oxygens (including phenoxy) is 3. The van der Waals surface area contributed by atoms with E-state index in [9.17, 15) is 19.1 Å². The summed E-state index contributed by atoms with van der Waals surface area (Å²) in [4.78, 5) is 40.9. The van der Waals surface area contributed by atoms with Gasteiger partial charge in [0.2, 0.25) is 0 Å². The molecule has 0 radical (unpaired) electrons. The molecule has 3 heterocycles. The first-order valence-electron chi connectivity index (χ1n) is 20.8. The summed E-state index contributed by atoms with van der Waals surface area (Å²) in [5, 5.41) is 19.9. The lowest BCUT2D eigenvalue weighted by atomic mass is 10.2. The summed E-state index contributed by atoms with van der Waals surface area (Å²) in [5.41, 5.74) is 1.60. The highest BCUT2D eigenvalue weighted by Crippen LogP contribution is 2.33. The SMILES string of the molecule is Cc1cc(N(CCCN(C)C)c2nc(C(=O)O)c(CCCOc3ccc(C#CCN(C)C(=O)OC(C)(C)C)cc3F)s2)nnc1/N=c1\sc2ccccc2n1COCC[Si](C)(C)C. The van der Waals surface area contributed by atoms with E-state index in [1.54, 1.807) is 45.2 Å². The van der Waals surface area contributed by atoms with Crippen molar-refractivity contribution in [1.82, 2.24) is 29.5 Å². The first-order valence-corrected chi connectivity index (χ1v) is 26.2. The molecule has 2 aromatic carbocycles. The van der Waals surface area contributed by atoms with Crippen LogP contribution in [-0.4, -0.2) is 114 Å². The molecule has 0 saturated heterocycles. The Labute approximate surface area is 378 Å². The average molecular weight is 919 g/mol. The Balaban J connectivity index is 1.30. The molecular formula is C45H59FN8O6S2Si. The zero-order valence-corrected chi connectivity index (χ0v) is 40.6. The van der Waals surface area contributed by atoms with Crippen molar-refractivity contribution in [2.45, 2.75) is 85.0 Å². The number of para-hydroxylation sites is 1. The molecule has 0 unspecified atom stereocenters. The Bertz CT molecular complexity index is 2500. The quantitative estimate of drug-likeness (QED) is 0.0481. The summed E-state index contributed by atoms with van der Waals surface area (Å²) >= 11 is 2.85. The summed E-state index contributed by atoms with van der Waals surface area (Å²) in [5.74, 6) is 5.06. The fourth-order valence-electron chi connectivity index (χ4n) is 5.98. The van der Waals surface area contributed by atoms with E-state index in [1.165, 1.54) is 28.4 Å². The molecule has 1 N–H and O–H groups in total. The molecule has 0 bridgehead atoms. The van der Waals surface area contributed by atoms with Gasteiger partial charge in [0.05, 0.1) is 23.4 Å². The highest BCUT2D eigenvalue weighted by atomic mass is 32.1. The van der Waals surface area contributed by atoms with Crippen molar-refractivity contribution in [2.75, 3.05) is 58.9 Å². The van der Waals surface area contributed by atoms with E-state index in [2.05, 4.69) is 68.3 Å². The third-order valence-corrected chi connectivity index (χ3v) is 13.2. The number of halogens is 1. The fraction of sp³-hybridized carbons (Fsp3) is 0.467. The van der Waals surface area contributed by atoms with E-state index < -0.39 is 31.6 Å². The summed E-state index contributed by atoms with van der Waals surface area (Å²) in [6, 6.07) is 15.5. The zero-order chi connectivity index (χ0) is 45.9. The molecule has 14 nitrogen and oxygen atoms in total. The highest BCUT2D eigenvalue weighted by Gasteiger charge is 2.24. The van der Waals surface area contributed by atoms with E-state index in [1.807, 2.05) is 44.1 Å². The number of hydrogen-bond acceptors (Lipinski definition) is 13. The molecule has 1 amide bonds. The average Bonchev–Trinajstić information content (AvgIpc) is 3.78. The standard InChI is InChI=1S/C45H59FN8O6S2Si/c1-31-28-38(49-50-40(31)48-43-54(30-58-26-27-63(8,9)10)34-17-11-12-18-36(34)61-43)53(24-15-22-51(5)6)42-47-39(41(55)56)37(62-42)19-14-25-59-35-21-20-32(29-33(35)46)16-13-23-52(7)44(57)60-45(2,3)4/h11-12,17-18,20-21,28-29H,14-15,19,22-27,30H2,1-10H3,(H,55,56)/b48-43-. The molecule has 63 heavy (non-hydrogen) atoms. The minimum atomic E-state index is -1.25. The van der Waals surface area contributed by atoms with Gasteiger partial charge >= 0.3 is 12.1 Å². The van der Waals surface area contributed by atoms with Gasteiger partial charge in [0, 0.05) is 38.7 Å². The first kappa shape index (κ1) is 48.8. The van der Waals surface area contributed by atoms with Gasteiger partial charge in [-0.3, -0.25) is 4.57 Å². The number of carbonyl (C=O) groups is 2. The lowest BCUT2D eigenvalue weighted by molar-refractivity contribution is 0.0320. The second-order valence-electron chi connectivity index (χ2n) is 17.6. The van der Waals surface area contributed by atoms with Gasteiger partial charge in [0.15, 0.2) is 38.8 Å². The van der Waals surface area contributed by atoms with Crippen molar-refractivity contribution in [2.24, 2.45) is 4.99 Å². The maximum Gasteiger partial charge on any atom is 0.410 e. The smallest absolute Gasteiger partial charge is 0.410 e. The third-order valence-electron chi connectivity index (χ3n) is 9.33. The minimum absolute atomic E-state index is 0.0447. The van der Waals surface area contributed by atoms with Crippen LogP contribution in [0.2, 0.25) is 25.7 Å². The fourth-order valence-corrected chi connectivity index (χ4v) is 8.89. The van der Waals surface area contributed by atoms with Crippen molar-refractivity contribution >= 4 is 69.8 Å². The Kier molecular flexibility index (Phi) is 17.0. The third kappa shape index (κ3) is 14.7. The number of amides is 1. The Hall–Kier alpha value is -5.19. The molecule has 0 saturated carbocycles. The number of rotatable bonds is 19. The molecule has 0 aliphatic carbocycles. The van der Waals surface area contributed by atoms with Gasteiger partial charge in [-0.15, -0.1) is 21.5 Å². The van der Waals surface area contributed by atoms with Gasteiger partial charge in [0.1, 0.15) is 12.3 Å². The number of carboxylic acids is 1. The second-order valence-corrected chi connectivity index (χ2v) is 25.3. The molecule has 0 aliphatic heterocycles. The van der Waals surface area contributed by atoms with Crippen LogP contribution < -0.4 is 14.4 Å². The molecule has 0 atom stereocenters. The summed E-state index contributed by atoms with van der Waals surface area (Å²) < 4.78 is 35.4. The van der Waals surface area contributed by atoms with Crippen LogP contribution in [0.15, 0.2) is 53.5 Å². The molecular weight excluding hydrogens is 860 g/mol. The van der Waals surface area contributed by atoms with Crippen LogP contribution in [0.4, 0.5) is 26.0 Å². The molecule has 338 valence electrons. The van der Waals surface area contributed by atoms with Crippen molar-refractivity contribution in [3.63, 3.8) is 0 Å². The summed E-state index contributed by atoms with van der Waals surface area (Å²) in [7, 11) is 4.33. The van der Waals surface area contributed by atoms with Gasteiger partial charge in [-0.1, -0.05) is 55.0 Å². The molecule has 5 aromatic rings. The van der Waals surface area contributed by atoms with Crippen LogP contribution >= 0.6 is 22.7 Å². The molecule has 18 heteroatoms. The Morgan fingerprint density at radius 3 is 2.44 bits per heavy atom. The van der Waals surface area contributed by atoms with Crippen LogP contribution in [0.25, 0.3) is 10.2 Å². The van der Waals surface area contributed by atoms with Crippen molar-refractivity contribution in [1.29, 1.82) is 0 Å². The Morgan fingerprint density at radius 1 is 1.00 bits per heavy atom. The van der Waals surface area contributed by atoms with Crippen LogP contribution in [-0.2, 0) is 22.6 Å². The number of anilines is 2. The number of carboxylic acid groups (broad SMARTS) is 1.